The number of amides is 1. The van der Waals surface area contributed by atoms with Crippen LogP contribution in [0.3, 0.4) is 0 Å². The van der Waals surface area contributed by atoms with Crippen molar-refractivity contribution in [3.8, 4) is 0 Å². The number of rotatable bonds is 7. The van der Waals surface area contributed by atoms with Gasteiger partial charge in [-0.2, -0.15) is 0 Å². The van der Waals surface area contributed by atoms with Crippen LogP contribution in [0.5, 0.6) is 0 Å². The topological polar surface area (TPSA) is 52.6 Å². The van der Waals surface area contributed by atoms with Gasteiger partial charge in [-0.25, -0.2) is 0 Å². The Morgan fingerprint density at radius 2 is 1.75 bits per heavy atom. The molecule has 4 nitrogen and oxygen atoms in total. The van der Waals surface area contributed by atoms with Crippen molar-refractivity contribution in [1.29, 1.82) is 0 Å². The predicted octanol–water partition coefficient (Wildman–Crippen LogP) is 2.42. The Morgan fingerprint density at radius 3 is 2.20 bits per heavy atom. The number of hydrogen-bond donors (Lipinski definition) is 2. The number of nitrogens with zero attached hydrogens (tertiary/aromatic N) is 1. The number of nitrogens with one attached hydrogen (secondary N) is 1. The summed E-state index contributed by atoms with van der Waals surface area (Å²) in [4.78, 5) is 14.1. The molecule has 0 radical (unpaired) electrons. The van der Waals surface area contributed by atoms with E-state index in [1.807, 2.05) is 45.2 Å². The molecule has 0 heterocycles. The van der Waals surface area contributed by atoms with Gasteiger partial charge in [-0.15, -0.1) is 0 Å². The van der Waals surface area contributed by atoms with Gasteiger partial charge in [-0.1, -0.05) is 13.8 Å². The third-order valence-electron chi connectivity index (χ3n) is 3.94. The zero-order valence-corrected chi connectivity index (χ0v) is 12.9. The minimum absolute atomic E-state index is 0.143. The lowest BCUT2D eigenvalue weighted by molar-refractivity contribution is 0.0314. The molecule has 112 valence electrons. The minimum Gasteiger partial charge on any atom is -0.388 e. The van der Waals surface area contributed by atoms with Gasteiger partial charge >= 0.3 is 0 Å². The van der Waals surface area contributed by atoms with Crippen LogP contribution in [0, 0.1) is 0 Å². The minimum atomic E-state index is -0.808. The molecule has 0 saturated carbocycles. The maximum absolute atomic E-state index is 12.0. The van der Waals surface area contributed by atoms with Crippen LogP contribution in [0.25, 0.3) is 0 Å². The molecule has 0 spiro atoms. The van der Waals surface area contributed by atoms with Gasteiger partial charge in [0.05, 0.1) is 5.60 Å². The van der Waals surface area contributed by atoms with Crippen molar-refractivity contribution < 1.29 is 9.90 Å². The highest BCUT2D eigenvalue weighted by Gasteiger charge is 2.22. The molecule has 1 amide bonds. The first-order chi connectivity index (χ1) is 9.45. The van der Waals surface area contributed by atoms with E-state index in [0.717, 1.165) is 12.2 Å². The average Bonchev–Trinajstić information content (AvgIpc) is 2.51. The summed E-state index contributed by atoms with van der Waals surface area (Å²) in [5, 5.41) is 13.0. The Labute approximate surface area is 121 Å². The molecule has 1 rings (SSSR count). The first-order valence-electron chi connectivity index (χ1n) is 7.27. The van der Waals surface area contributed by atoms with E-state index in [1.54, 1.807) is 0 Å². The molecule has 4 heteroatoms. The maximum atomic E-state index is 12.0. The van der Waals surface area contributed by atoms with Crippen molar-refractivity contribution in [3.05, 3.63) is 29.8 Å². The zero-order chi connectivity index (χ0) is 15.2. The zero-order valence-electron chi connectivity index (χ0n) is 12.9. The summed E-state index contributed by atoms with van der Waals surface area (Å²) in [6.45, 7) is 7.13. The lowest BCUT2D eigenvalue weighted by atomic mass is 9.97. The molecule has 0 aliphatic heterocycles. The second-order valence-corrected chi connectivity index (χ2v) is 5.18. The molecule has 0 saturated heterocycles. The first kappa shape index (κ1) is 16.5. The van der Waals surface area contributed by atoms with E-state index in [9.17, 15) is 9.90 Å². The van der Waals surface area contributed by atoms with Gasteiger partial charge in [-0.05, 0) is 44.0 Å². The van der Waals surface area contributed by atoms with Gasteiger partial charge in [0.2, 0.25) is 0 Å². The Kier molecular flexibility index (Phi) is 6.02. The van der Waals surface area contributed by atoms with Crippen molar-refractivity contribution >= 4 is 11.6 Å². The number of aliphatic hydroxyl groups is 1. The van der Waals surface area contributed by atoms with Crippen LogP contribution in [0.2, 0.25) is 0 Å². The van der Waals surface area contributed by atoms with Gasteiger partial charge < -0.3 is 15.3 Å². The first-order valence-corrected chi connectivity index (χ1v) is 7.27. The molecule has 20 heavy (non-hydrogen) atoms. The smallest absolute Gasteiger partial charge is 0.251 e. The molecule has 0 unspecified atom stereocenters. The van der Waals surface area contributed by atoms with Gasteiger partial charge in [0.15, 0.2) is 0 Å². The second-order valence-electron chi connectivity index (χ2n) is 5.18. The van der Waals surface area contributed by atoms with Crippen molar-refractivity contribution in [2.75, 3.05) is 25.0 Å². The third kappa shape index (κ3) is 4.23. The highest BCUT2D eigenvalue weighted by molar-refractivity contribution is 5.94. The van der Waals surface area contributed by atoms with Crippen LogP contribution >= 0.6 is 0 Å². The number of carbonyl (C=O) groups excluding carboxylic acids is 1. The predicted molar refractivity (Wildman–Crippen MR) is 83.3 cm³/mol. The van der Waals surface area contributed by atoms with E-state index < -0.39 is 5.60 Å². The maximum Gasteiger partial charge on any atom is 0.251 e. The summed E-state index contributed by atoms with van der Waals surface area (Å²) in [6, 6.07) is 7.50. The molecule has 0 bridgehead atoms. The van der Waals surface area contributed by atoms with Gasteiger partial charge in [0.1, 0.15) is 0 Å². The lowest BCUT2D eigenvalue weighted by Gasteiger charge is -2.25. The summed E-state index contributed by atoms with van der Waals surface area (Å²) in [5.74, 6) is -0.143. The van der Waals surface area contributed by atoms with E-state index in [1.165, 1.54) is 0 Å². The fraction of sp³-hybridized carbons (Fsp3) is 0.562. The van der Waals surface area contributed by atoms with Crippen LogP contribution in [0.4, 0.5) is 5.69 Å². The monoisotopic (exact) mass is 278 g/mol. The fourth-order valence-corrected chi connectivity index (χ4v) is 1.90. The molecule has 0 aliphatic rings. The molecular formula is C16H26N2O2. The van der Waals surface area contributed by atoms with Crippen LogP contribution in [0.1, 0.15) is 44.0 Å². The summed E-state index contributed by atoms with van der Waals surface area (Å²) < 4.78 is 0. The van der Waals surface area contributed by atoms with Crippen molar-refractivity contribution in [1.82, 2.24) is 5.32 Å². The van der Waals surface area contributed by atoms with E-state index in [0.29, 0.717) is 18.4 Å². The van der Waals surface area contributed by atoms with Crippen LogP contribution in [-0.2, 0) is 0 Å². The normalized spacial score (nSPS) is 11.2. The second kappa shape index (κ2) is 7.29. The van der Waals surface area contributed by atoms with Crippen LogP contribution in [-0.4, -0.2) is 36.8 Å². The van der Waals surface area contributed by atoms with E-state index in [-0.39, 0.29) is 12.5 Å². The molecule has 0 aliphatic carbocycles. The number of benzene rings is 1. The van der Waals surface area contributed by atoms with E-state index in [2.05, 4.69) is 17.1 Å². The largest absolute Gasteiger partial charge is 0.388 e. The highest BCUT2D eigenvalue weighted by atomic mass is 16.3. The standard InChI is InChI=1S/C16H26N2O2/c1-5-16(20,6-2)12-17-15(19)13-8-10-14(11-9-13)18(4)7-3/h8-11,20H,5-7,12H2,1-4H3,(H,17,19). The van der Waals surface area contributed by atoms with Crippen molar-refractivity contribution in [2.24, 2.45) is 0 Å². The van der Waals surface area contributed by atoms with Gasteiger partial charge in [-0.3, -0.25) is 4.79 Å². The summed E-state index contributed by atoms with van der Waals surface area (Å²) in [6.07, 6.45) is 1.26. The number of carbonyl (C=O) groups is 1. The SMILES string of the molecule is CCN(C)c1ccc(C(=O)NCC(O)(CC)CC)cc1. The van der Waals surface area contributed by atoms with Gasteiger partial charge in [0, 0.05) is 31.4 Å². The van der Waals surface area contributed by atoms with E-state index in [4.69, 9.17) is 0 Å². The van der Waals surface area contributed by atoms with Crippen LogP contribution < -0.4 is 10.2 Å². The Bertz CT molecular complexity index is 425. The summed E-state index contributed by atoms with van der Waals surface area (Å²) in [7, 11) is 2.01. The molecule has 1 aromatic rings. The molecule has 0 atom stereocenters. The number of hydrogen-bond acceptors (Lipinski definition) is 3. The Hall–Kier alpha value is -1.55. The molecule has 0 aromatic heterocycles. The highest BCUT2D eigenvalue weighted by Crippen LogP contribution is 2.15. The Balaban J connectivity index is 2.64. The average molecular weight is 278 g/mol. The fourth-order valence-electron chi connectivity index (χ4n) is 1.90. The Morgan fingerprint density at radius 1 is 1.20 bits per heavy atom. The van der Waals surface area contributed by atoms with Crippen molar-refractivity contribution in [2.45, 2.75) is 39.2 Å². The van der Waals surface area contributed by atoms with Crippen LogP contribution in [0.15, 0.2) is 24.3 Å². The summed E-state index contributed by atoms with van der Waals surface area (Å²) in [5.41, 5.74) is 0.897. The summed E-state index contributed by atoms with van der Waals surface area (Å²) >= 11 is 0. The molecule has 1 aromatic carbocycles. The molecule has 0 fully saturated rings. The quantitative estimate of drug-likeness (QED) is 0.805. The molecule has 2 N–H and O–H groups in total. The van der Waals surface area contributed by atoms with Gasteiger partial charge in [0.25, 0.3) is 5.91 Å². The lowest BCUT2D eigenvalue weighted by Crippen LogP contribution is -2.42. The van der Waals surface area contributed by atoms with Crippen molar-refractivity contribution in [3.63, 3.8) is 0 Å². The number of anilines is 1. The third-order valence-corrected chi connectivity index (χ3v) is 3.94. The van der Waals surface area contributed by atoms with E-state index >= 15 is 0 Å². The molecular weight excluding hydrogens is 252 g/mol.